The minimum Gasteiger partial charge on any atom is -0.378 e. The number of hydrogen-bond acceptors (Lipinski definition) is 3. The molecule has 1 aromatic carbocycles. The number of rotatable bonds is 3. The highest BCUT2D eigenvalue weighted by Gasteiger charge is 2.31. The van der Waals surface area contributed by atoms with E-state index in [0.29, 0.717) is 12.0 Å². The summed E-state index contributed by atoms with van der Waals surface area (Å²) in [5.74, 6) is 0.439. The van der Waals surface area contributed by atoms with Crippen LogP contribution in [-0.2, 0) is 4.74 Å². The Morgan fingerprint density at radius 3 is 2.70 bits per heavy atom. The van der Waals surface area contributed by atoms with Crippen LogP contribution in [0.2, 0.25) is 0 Å². The molecule has 1 aliphatic rings. The maximum Gasteiger partial charge on any atom is 0.323 e. The van der Waals surface area contributed by atoms with E-state index in [2.05, 4.69) is 38.1 Å². The fourth-order valence-electron chi connectivity index (χ4n) is 3.04. The summed E-state index contributed by atoms with van der Waals surface area (Å²) in [6.07, 6.45) is 1.35. The molecule has 3 rings (SSSR count). The van der Waals surface area contributed by atoms with Crippen molar-refractivity contribution in [2.75, 3.05) is 13.7 Å². The van der Waals surface area contributed by atoms with Crippen LogP contribution in [0.1, 0.15) is 24.9 Å². The largest absolute Gasteiger partial charge is 0.378 e. The van der Waals surface area contributed by atoms with E-state index >= 15 is 0 Å². The van der Waals surface area contributed by atoms with Gasteiger partial charge in [0.05, 0.1) is 23.7 Å². The molecular weight excluding hydrogens is 322 g/mol. The zero-order valence-electron chi connectivity index (χ0n) is 11.5. The molecule has 0 bridgehead atoms. The number of aromatic nitrogens is 2. The summed E-state index contributed by atoms with van der Waals surface area (Å²) < 4.78 is 6.68. The molecule has 2 heterocycles. The summed E-state index contributed by atoms with van der Waals surface area (Å²) in [6.45, 7) is 2.87. The minimum atomic E-state index is -0.178. The van der Waals surface area contributed by atoms with Crippen LogP contribution in [0.4, 0.5) is 0 Å². The first-order valence-electron chi connectivity index (χ1n) is 6.78. The van der Waals surface area contributed by atoms with Crippen molar-refractivity contribution in [2.45, 2.75) is 25.5 Å². The van der Waals surface area contributed by atoms with Gasteiger partial charge in [0.15, 0.2) is 0 Å². The van der Waals surface area contributed by atoms with Crippen LogP contribution in [-0.4, -0.2) is 29.7 Å². The summed E-state index contributed by atoms with van der Waals surface area (Å²) in [5.41, 5.74) is 2.62. The monoisotopic (exact) mass is 339 g/mol. The minimum absolute atomic E-state index is 0.178. The first kappa shape index (κ1) is 13.9. The standard InChI is InChI=1S/C14H18BrN3O2/c1-7-3-8(6-20-7)13(16-2)9-4-11-12(5-10(9)15)18-14(19)17-11/h4-5,7-8,13,16H,3,6H2,1-2H3,(H2,17,18,19). The molecule has 1 aromatic heterocycles. The lowest BCUT2D eigenvalue weighted by atomic mass is 9.91. The molecule has 1 saturated heterocycles. The topological polar surface area (TPSA) is 69.9 Å². The zero-order valence-corrected chi connectivity index (χ0v) is 13.1. The van der Waals surface area contributed by atoms with E-state index < -0.39 is 0 Å². The van der Waals surface area contributed by atoms with Crippen molar-refractivity contribution in [3.05, 3.63) is 32.7 Å². The van der Waals surface area contributed by atoms with E-state index in [1.165, 1.54) is 0 Å². The molecule has 3 unspecified atom stereocenters. The van der Waals surface area contributed by atoms with Crippen LogP contribution in [0.25, 0.3) is 11.0 Å². The number of hydrogen-bond donors (Lipinski definition) is 3. The SMILES string of the molecule is CNC(c1cc2[nH]c(=O)[nH]c2cc1Br)C1COC(C)C1. The van der Waals surface area contributed by atoms with Crippen LogP contribution in [0.15, 0.2) is 21.4 Å². The molecule has 6 heteroatoms. The Morgan fingerprint density at radius 1 is 1.40 bits per heavy atom. The van der Waals surface area contributed by atoms with Crippen LogP contribution in [0.3, 0.4) is 0 Å². The molecule has 0 saturated carbocycles. The lowest BCUT2D eigenvalue weighted by Crippen LogP contribution is -2.26. The summed E-state index contributed by atoms with van der Waals surface area (Å²) in [7, 11) is 1.96. The van der Waals surface area contributed by atoms with Crippen molar-refractivity contribution in [3.63, 3.8) is 0 Å². The number of H-pyrrole nitrogens is 2. The van der Waals surface area contributed by atoms with E-state index in [4.69, 9.17) is 4.74 Å². The molecule has 0 amide bonds. The van der Waals surface area contributed by atoms with Gasteiger partial charge in [0.25, 0.3) is 0 Å². The van der Waals surface area contributed by atoms with Gasteiger partial charge in [0, 0.05) is 16.4 Å². The molecule has 0 spiro atoms. The number of nitrogens with one attached hydrogen (secondary N) is 3. The second-order valence-electron chi connectivity index (χ2n) is 5.40. The van der Waals surface area contributed by atoms with E-state index in [-0.39, 0.29) is 11.7 Å². The molecule has 5 nitrogen and oxygen atoms in total. The summed E-state index contributed by atoms with van der Waals surface area (Å²) in [6, 6.07) is 4.19. The highest BCUT2D eigenvalue weighted by Crippen LogP contribution is 2.36. The normalized spacial score (nSPS) is 24.4. The number of aromatic amines is 2. The van der Waals surface area contributed by atoms with Crippen molar-refractivity contribution in [3.8, 4) is 0 Å². The molecule has 1 fully saturated rings. The molecule has 0 radical (unpaired) electrons. The summed E-state index contributed by atoms with van der Waals surface area (Å²) >= 11 is 3.61. The van der Waals surface area contributed by atoms with Gasteiger partial charge in [-0.1, -0.05) is 15.9 Å². The van der Waals surface area contributed by atoms with Gasteiger partial charge >= 0.3 is 5.69 Å². The second-order valence-corrected chi connectivity index (χ2v) is 6.26. The van der Waals surface area contributed by atoms with Gasteiger partial charge in [0.1, 0.15) is 0 Å². The Balaban J connectivity index is 2.02. The number of fused-ring (bicyclic) bond motifs is 1. The second kappa shape index (κ2) is 5.35. The molecule has 108 valence electrons. The van der Waals surface area contributed by atoms with Crippen molar-refractivity contribution >= 4 is 27.0 Å². The van der Waals surface area contributed by atoms with Crippen LogP contribution in [0, 0.1) is 5.92 Å². The highest BCUT2D eigenvalue weighted by atomic mass is 79.9. The Hall–Kier alpha value is -1.11. The molecule has 1 aliphatic heterocycles. The van der Waals surface area contributed by atoms with Gasteiger partial charge in [-0.15, -0.1) is 0 Å². The van der Waals surface area contributed by atoms with Crippen molar-refractivity contribution in [2.24, 2.45) is 5.92 Å². The molecule has 3 N–H and O–H groups in total. The molecular formula is C14H18BrN3O2. The first-order valence-corrected chi connectivity index (χ1v) is 7.58. The third kappa shape index (κ3) is 2.43. The maximum absolute atomic E-state index is 11.4. The van der Waals surface area contributed by atoms with E-state index in [9.17, 15) is 4.79 Å². The fraction of sp³-hybridized carbons (Fsp3) is 0.500. The van der Waals surface area contributed by atoms with Crippen molar-refractivity contribution in [1.29, 1.82) is 0 Å². The van der Waals surface area contributed by atoms with Crippen molar-refractivity contribution in [1.82, 2.24) is 15.3 Å². The zero-order chi connectivity index (χ0) is 14.3. The highest BCUT2D eigenvalue weighted by molar-refractivity contribution is 9.10. The quantitative estimate of drug-likeness (QED) is 0.803. The van der Waals surface area contributed by atoms with E-state index in [1.807, 2.05) is 19.2 Å². The van der Waals surface area contributed by atoms with Crippen LogP contribution < -0.4 is 11.0 Å². The third-order valence-corrected chi connectivity index (χ3v) is 4.67. The first-order chi connectivity index (χ1) is 9.58. The van der Waals surface area contributed by atoms with Gasteiger partial charge in [-0.25, -0.2) is 4.79 Å². The van der Waals surface area contributed by atoms with Gasteiger partial charge in [-0.3, -0.25) is 0 Å². The van der Waals surface area contributed by atoms with Gasteiger partial charge in [-0.05, 0) is 38.1 Å². The number of benzene rings is 1. The predicted octanol–water partition coefficient (Wildman–Crippen LogP) is 2.30. The lowest BCUT2D eigenvalue weighted by Gasteiger charge is -2.23. The van der Waals surface area contributed by atoms with Gasteiger partial charge in [0.2, 0.25) is 0 Å². The lowest BCUT2D eigenvalue weighted by molar-refractivity contribution is 0.117. The van der Waals surface area contributed by atoms with E-state index in [0.717, 1.165) is 34.1 Å². The molecule has 3 atom stereocenters. The Morgan fingerprint density at radius 2 is 2.10 bits per heavy atom. The van der Waals surface area contributed by atoms with Gasteiger partial charge < -0.3 is 20.0 Å². The smallest absolute Gasteiger partial charge is 0.323 e. The van der Waals surface area contributed by atoms with Crippen LogP contribution >= 0.6 is 15.9 Å². The molecule has 2 aromatic rings. The third-order valence-electron chi connectivity index (χ3n) is 3.98. The predicted molar refractivity (Wildman–Crippen MR) is 81.9 cm³/mol. The Bertz CT molecular complexity index is 679. The summed E-state index contributed by atoms with van der Waals surface area (Å²) in [5, 5.41) is 3.38. The fourth-order valence-corrected chi connectivity index (χ4v) is 3.63. The van der Waals surface area contributed by atoms with Crippen molar-refractivity contribution < 1.29 is 4.74 Å². The Labute approximate surface area is 125 Å². The maximum atomic E-state index is 11.4. The van der Waals surface area contributed by atoms with Crippen LogP contribution in [0.5, 0.6) is 0 Å². The summed E-state index contributed by atoms with van der Waals surface area (Å²) in [4.78, 5) is 17.0. The number of halogens is 1. The molecule has 0 aliphatic carbocycles. The molecule has 20 heavy (non-hydrogen) atoms. The average molecular weight is 340 g/mol. The van der Waals surface area contributed by atoms with Gasteiger partial charge in [-0.2, -0.15) is 0 Å². The van der Waals surface area contributed by atoms with E-state index in [1.54, 1.807) is 0 Å². The average Bonchev–Trinajstić information content (AvgIpc) is 2.96. The number of ether oxygens (including phenoxy) is 1. The Kier molecular flexibility index (Phi) is 3.70. The number of imidazole rings is 1.